The molecule has 2 aliphatic heterocycles. The number of ketones is 2. The Balaban J connectivity index is 0.000000159. The minimum Gasteiger partial charge on any atom is -0.316 e. The summed E-state index contributed by atoms with van der Waals surface area (Å²) >= 11 is 0. The lowest BCUT2D eigenvalue weighted by Gasteiger charge is -2.20. The summed E-state index contributed by atoms with van der Waals surface area (Å²) in [6.45, 7) is 3.49. The molecule has 0 atom stereocenters. The van der Waals surface area contributed by atoms with Gasteiger partial charge in [0.05, 0.1) is 22.5 Å². The van der Waals surface area contributed by atoms with Gasteiger partial charge in [0.2, 0.25) is 0 Å². The molecular formula is C19H14F2N2O4. The van der Waals surface area contributed by atoms with Crippen LogP contribution in [0.3, 0.4) is 0 Å². The van der Waals surface area contributed by atoms with Crippen molar-refractivity contribution in [2.24, 2.45) is 0 Å². The molecule has 0 bridgehead atoms. The van der Waals surface area contributed by atoms with Crippen molar-refractivity contribution in [3.8, 4) is 0 Å². The number of anilines is 2. The van der Waals surface area contributed by atoms with Gasteiger partial charge in [-0.2, -0.15) is 0 Å². The van der Waals surface area contributed by atoms with Crippen LogP contribution in [0.4, 0.5) is 20.2 Å². The van der Waals surface area contributed by atoms with E-state index < -0.39 is 35.0 Å². The summed E-state index contributed by atoms with van der Waals surface area (Å²) < 4.78 is 26.4. The van der Waals surface area contributed by atoms with Crippen molar-refractivity contribution in [1.29, 1.82) is 0 Å². The minimum absolute atomic E-state index is 0.00694. The zero-order valence-electron chi connectivity index (χ0n) is 14.4. The largest absolute Gasteiger partial charge is 0.316 e. The van der Waals surface area contributed by atoms with E-state index >= 15 is 0 Å². The second-order valence-corrected chi connectivity index (χ2v) is 6.18. The fourth-order valence-electron chi connectivity index (χ4n) is 2.90. The predicted octanol–water partition coefficient (Wildman–Crippen LogP) is 2.72. The molecule has 0 radical (unpaired) electrons. The first kappa shape index (κ1) is 18.4. The lowest BCUT2D eigenvalue weighted by molar-refractivity contribution is -0.114. The average Bonchev–Trinajstić information content (AvgIpc) is 3.06. The van der Waals surface area contributed by atoms with E-state index in [1.54, 1.807) is 13.8 Å². The van der Waals surface area contributed by atoms with Crippen molar-refractivity contribution >= 4 is 34.8 Å². The van der Waals surface area contributed by atoms with E-state index in [4.69, 9.17) is 0 Å². The Hall–Kier alpha value is -3.42. The molecule has 6 nitrogen and oxygen atoms in total. The smallest absolute Gasteiger partial charge is 0.299 e. The number of Topliss-reactive ketones (excluding diaryl/α,β-unsaturated/α-hetero) is 2. The molecule has 4 rings (SSSR count). The molecule has 2 aliphatic rings. The van der Waals surface area contributed by atoms with Gasteiger partial charge >= 0.3 is 0 Å². The molecule has 0 saturated carbocycles. The average molecular weight is 372 g/mol. The Morgan fingerprint density at radius 1 is 0.852 bits per heavy atom. The van der Waals surface area contributed by atoms with Crippen LogP contribution in [0.2, 0.25) is 0 Å². The van der Waals surface area contributed by atoms with E-state index in [9.17, 15) is 28.0 Å². The van der Waals surface area contributed by atoms with Crippen molar-refractivity contribution in [2.45, 2.75) is 19.9 Å². The van der Waals surface area contributed by atoms with Crippen LogP contribution < -0.4 is 10.2 Å². The molecule has 0 aromatic heterocycles. The van der Waals surface area contributed by atoms with Crippen LogP contribution in [0, 0.1) is 11.6 Å². The molecule has 0 fully saturated rings. The van der Waals surface area contributed by atoms with Gasteiger partial charge in [-0.3, -0.25) is 24.1 Å². The van der Waals surface area contributed by atoms with E-state index in [2.05, 4.69) is 5.32 Å². The molecule has 0 saturated heterocycles. The third-order valence-corrected chi connectivity index (χ3v) is 4.10. The van der Waals surface area contributed by atoms with Crippen LogP contribution in [0.25, 0.3) is 0 Å². The summed E-state index contributed by atoms with van der Waals surface area (Å²) in [4.78, 5) is 46.0. The number of nitrogens with one attached hydrogen (secondary N) is 1. The quantitative estimate of drug-likeness (QED) is 0.781. The van der Waals surface area contributed by atoms with E-state index in [1.807, 2.05) is 0 Å². The highest BCUT2D eigenvalue weighted by Gasteiger charge is 2.39. The number of benzene rings is 2. The molecule has 2 aromatic rings. The van der Waals surface area contributed by atoms with Crippen molar-refractivity contribution in [3.05, 3.63) is 59.2 Å². The van der Waals surface area contributed by atoms with Crippen LogP contribution in [-0.2, 0) is 9.59 Å². The summed E-state index contributed by atoms with van der Waals surface area (Å²) in [5.41, 5.74) is 0.378. The van der Waals surface area contributed by atoms with Crippen molar-refractivity contribution < 1.29 is 28.0 Å². The molecule has 0 aliphatic carbocycles. The van der Waals surface area contributed by atoms with Crippen LogP contribution in [0.5, 0.6) is 0 Å². The third-order valence-electron chi connectivity index (χ3n) is 4.10. The lowest BCUT2D eigenvalue weighted by Crippen LogP contribution is -2.36. The van der Waals surface area contributed by atoms with Crippen LogP contribution in [0.1, 0.15) is 34.6 Å². The van der Waals surface area contributed by atoms with E-state index in [-0.39, 0.29) is 28.5 Å². The first-order valence-corrected chi connectivity index (χ1v) is 8.04. The van der Waals surface area contributed by atoms with Gasteiger partial charge in [0.25, 0.3) is 23.4 Å². The fourth-order valence-corrected chi connectivity index (χ4v) is 2.90. The highest BCUT2D eigenvalue weighted by atomic mass is 19.1. The van der Waals surface area contributed by atoms with Crippen molar-refractivity contribution in [3.63, 3.8) is 0 Å². The Morgan fingerprint density at radius 3 is 2.04 bits per heavy atom. The SMILES string of the molecule is CC(C)N1C(=O)C(=O)c2cccc(F)c21.O=C1Nc2c(F)cccc2C1=O. The van der Waals surface area contributed by atoms with Crippen LogP contribution in [-0.4, -0.2) is 29.4 Å². The Bertz CT molecular complexity index is 1000. The topological polar surface area (TPSA) is 83.6 Å². The monoisotopic (exact) mass is 372 g/mol. The highest BCUT2D eigenvalue weighted by Crippen LogP contribution is 2.32. The second kappa shape index (κ2) is 6.71. The number of hydrogen-bond donors (Lipinski definition) is 1. The molecule has 2 aromatic carbocycles. The van der Waals surface area contributed by atoms with Crippen molar-refractivity contribution in [2.75, 3.05) is 10.2 Å². The molecule has 0 spiro atoms. The molecular weight excluding hydrogens is 358 g/mol. The predicted molar refractivity (Wildman–Crippen MR) is 92.7 cm³/mol. The Labute approximate surface area is 152 Å². The number of para-hydroxylation sites is 2. The molecule has 2 amide bonds. The number of amides is 2. The number of halogens is 2. The summed E-state index contributed by atoms with van der Waals surface area (Å²) in [6.07, 6.45) is 0. The number of rotatable bonds is 1. The highest BCUT2D eigenvalue weighted by molar-refractivity contribution is 6.52. The standard InChI is InChI=1S/C11H10FNO2.C8H4FNO2/c1-6(2)13-9-7(10(14)11(13)15)4-3-5-8(9)12;9-5-3-1-2-4-6(5)10-8(12)7(4)11/h3-6H,1-2H3;1-3H,(H,10,11,12). The summed E-state index contributed by atoms with van der Waals surface area (Å²) in [7, 11) is 0. The Kier molecular flexibility index (Phi) is 4.57. The fraction of sp³-hybridized carbons (Fsp3) is 0.158. The second-order valence-electron chi connectivity index (χ2n) is 6.18. The van der Waals surface area contributed by atoms with Gasteiger partial charge in [-0.05, 0) is 38.1 Å². The molecule has 8 heteroatoms. The van der Waals surface area contributed by atoms with Crippen LogP contribution >= 0.6 is 0 Å². The van der Waals surface area contributed by atoms with Gasteiger partial charge in [0.1, 0.15) is 11.6 Å². The number of fused-ring (bicyclic) bond motifs is 2. The number of carbonyl (C=O) groups excluding carboxylic acids is 4. The zero-order chi connectivity index (χ0) is 19.9. The summed E-state index contributed by atoms with van der Waals surface area (Å²) in [5, 5.41) is 2.15. The van der Waals surface area contributed by atoms with Crippen molar-refractivity contribution in [1.82, 2.24) is 0 Å². The summed E-state index contributed by atoms with van der Waals surface area (Å²) in [6, 6.07) is 7.94. The maximum atomic E-state index is 13.5. The maximum Gasteiger partial charge on any atom is 0.299 e. The number of carbonyl (C=O) groups is 4. The van der Waals surface area contributed by atoms with Gasteiger partial charge in [-0.1, -0.05) is 12.1 Å². The van der Waals surface area contributed by atoms with Gasteiger partial charge in [-0.25, -0.2) is 8.78 Å². The van der Waals surface area contributed by atoms with Gasteiger partial charge in [-0.15, -0.1) is 0 Å². The first-order valence-electron chi connectivity index (χ1n) is 8.04. The van der Waals surface area contributed by atoms with Gasteiger partial charge < -0.3 is 5.32 Å². The van der Waals surface area contributed by atoms with Gasteiger partial charge in [0, 0.05) is 6.04 Å². The maximum absolute atomic E-state index is 13.5. The third kappa shape index (κ3) is 2.99. The van der Waals surface area contributed by atoms with E-state index in [0.29, 0.717) is 0 Å². The van der Waals surface area contributed by atoms with Crippen LogP contribution in [0.15, 0.2) is 36.4 Å². The van der Waals surface area contributed by atoms with Gasteiger partial charge in [0.15, 0.2) is 0 Å². The number of nitrogens with zero attached hydrogens (tertiary/aromatic N) is 1. The Morgan fingerprint density at radius 2 is 1.44 bits per heavy atom. The first-order chi connectivity index (χ1) is 12.7. The molecule has 138 valence electrons. The summed E-state index contributed by atoms with van der Waals surface area (Å²) in [5.74, 6) is -3.82. The molecule has 2 heterocycles. The zero-order valence-corrected chi connectivity index (χ0v) is 14.4. The molecule has 27 heavy (non-hydrogen) atoms. The normalized spacial score (nSPS) is 14.8. The minimum atomic E-state index is -0.768. The van der Waals surface area contributed by atoms with E-state index in [0.717, 1.165) is 0 Å². The lowest BCUT2D eigenvalue weighted by atomic mass is 10.1. The van der Waals surface area contributed by atoms with E-state index in [1.165, 1.54) is 41.3 Å². The molecule has 1 N–H and O–H groups in total. The number of hydrogen-bond acceptors (Lipinski definition) is 4. The molecule has 0 unspecified atom stereocenters.